The number of alkyl halides is 3. The maximum atomic E-state index is 12.5. The monoisotopic (exact) mass is 306 g/mol. The Bertz CT molecular complexity index is 452. The maximum Gasteiger partial charge on any atom is 0.401 e. The average molecular weight is 306 g/mol. The summed E-state index contributed by atoms with van der Waals surface area (Å²) >= 11 is 0. The summed E-state index contributed by atoms with van der Waals surface area (Å²) in [5.74, 6) is 1.11. The van der Waals surface area contributed by atoms with Gasteiger partial charge in [0.1, 0.15) is 11.5 Å². The van der Waals surface area contributed by atoms with E-state index in [9.17, 15) is 13.2 Å². The number of rotatable bonds is 7. The van der Waals surface area contributed by atoms with Crippen LogP contribution in [0, 0.1) is 0 Å². The summed E-state index contributed by atoms with van der Waals surface area (Å²) < 4.78 is 47.7. The fourth-order valence-electron chi connectivity index (χ4n) is 2.06. The number of halogens is 3. The number of likely N-dealkylation sites (N-methyl/N-ethyl adjacent to an activating group) is 1. The molecule has 0 bridgehead atoms. The Morgan fingerprint density at radius 2 is 1.90 bits per heavy atom. The molecule has 1 aromatic carbocycles. The van der Waals surface area contributed by atoms with Crippen LogP contribution < -0.4 is 15.2 Å². The molecule has 0 heterocycles. The number of nitrogens with zero attached hydrogens (tertiary/aromatic N) is 1. The van der Waals surface area contributed by atoms with Gasteiger partial charge in [0.25, 0.3) is 0 Å². The first-order valence-electron chi connectivity index (χ1n) is 6.57. The molecule has 0 aromatic heterocycles. The van der Waals surface area contributed by atoms with Gasteiger partial charge in [-0.3, -0.25) is 4.90 Å². The smallest absolute Gasteiger partial charge is 0.401 e. The topological polar surface area (TPSA) is 47.7 Å². The van der Waals surface area contributed by atoms with Crippen LogP contribution in [0.2, 0.25) is 0 Å². The molecule has 0 aliphatic rings. The minimum Gasteiger partial charge on any atom is -0.497 e. The van der Waals surface area contributed by atoms with Crippen molar-refractivity contribution in [2.75, 3.05) is 33.9 Å². The molecule has 0 aliphatic heterocycles. The summed E-state index contributed by atoms with van der Waals surface area (Å²) in [5.41, 5.74) is 6.68. The van der Waals surface area contributed by atoms with E-state index in [1.54, 1.807) is 25.1 Å². The largest absolute Gasteiger partial charge is 0.497 e. The van der Waals surface area contributed by atoms with E-state index < -0.39 is 18.8 Å². The highest BCUT2D eigenvalue weighted by Crippen LogP contribution is 2.29. The molecule has 4 nitrogen and oxygen atoms in total. The van der Waals surface area contributed by atoms with Crippen LogP contribution in [0.1, 0.15) is 18.5 Å². The van der Waals surface area contributed by atoms with E-state index in [1.807, 2.05) is 0 Å². The van der Waals surface area contributed by atoms with Gasteiger partial charge in [-0.25, -0.2) is 0 Å². The molecule has 0 saturated carbocycles. The van der Waals surface area contributed by atoms with Crippen LogP contribution in [0.5, 0.6) is 11.5 Å². The lowest BCUT2D eigenvalue weighted by molar-refractivity contribution is -0.145. The molecule has 0 fully saturated rings. The first kappa shape index (κ1) is 17.6. The molecule has 1 rings (SSSR count). The molecule has 0 saturated heterocycles. The Labute approximate surface area is 122 Å². The molecule has 1 unspecified atom stereocenters. The molecule has 0 spiro atoms. The maximum absolute atomic E-state index is 12.5. The lowest BCUT2D eigenvalue weighted by atomic mass is 10.1. The fraction of sp³-hybridized carbons (Fsp3) is 0.571. The minimum absolute atomic E-state index is 0.0959. The highest BCUT2D eigenvalue weighted by molar-refractivity contribution is 5.42. The average Bonchev–Trinajstić information content (AvgIpc) is 2.44. The van der Waals surface area contributed by atoms with Gasteiger partial charge in [-0.1, -0.05) is 13.0 Å². The van der Waals surface area contributed by atoms with E-state index in [-0.39, 0.29) is 13.1 Å². The zero-order valence-corrected chi connectivity index (χ0v) is 12.4. The standard InChI is InChI=1S/C14H21F3N2O2/c1-4-19(9-14(15,16)17)8-12(18)11-6-5-10(20-2)7-13(11)21-3/h5-7,12H,4,8-9,18H2,1-3H3. The molecule has 120 valence electrons. The molecule has 0 amide bonds. The predicted molar refractivity (Wildman–Crippen MR) is 74.6 cm³/mol. The number of ether oxygens (including phenoxy) is 2. The van der Waals surface area contributed by atoms with E-state index in [4.69, 9.17) is 15.2 Å². The summed E-state index contributed by atoms with van der Waals surface area (Å²) in [6.45, 7) is 1.06. The van der Waals surface area contributed by atoms with Crippen LogP contribution in [0.15, 0.2) is 18.2 Å². The van der Waals surface area contributed by atoms with Crippen molar-refractivity contribution in [3.63, 3.8) is 0 Å². The summed E-state index contributed by atoms with van der Waals surface area (Å²) in [7, 11) is 3.01. The normalized spacial score (nSPS) is 13.3. The summed E-state index contributed by atoms with van der Waals surface area (Å²) in [6.07, 6.45) is -4.24. The van der Waals surface area contributed by atoms with Crippen molar-refractivity contribution in [2.24, 2.45) is 5.73 Å². The third-order valence-corrected chi connectivity index (χ3v) is 3.15. The van der Waals surface area contributed by atoms with Crippen molar-refractivity contribution in [1.29, 1.82) is 0 Å². The van der Waals surface area contributed by atoms with Crippen molar-refractivity contribution in [2.45, 2.75) is 19.1 Å². The van der Waals surface area contributed by atoms with Crippen LogP contribution in [0.3, 0.4) is 0 Å². The molecule has 0 aliphatic carbocycles. The van der Waals surface area contributed by atoms with Crippen LogP contribution in [-0.2, 0) is 0 Å². The second kappa shape index (κ2) is 7.51. The van der Waals surface area contributed by atoms with Crippen molar-refractivity contribution in [3.05, 3.63) is 23.8 Å². The van der Waals surface area contributed by atoms with Gasteiger partial charge in [0, 0.05) is 24.2 Å². The molecular formula is C14H21F3N2O2. The van der Waals surface area contributed by atoms with Gasteiger partial charge in [0.05, 0.1) is 20.8 Å². The number of nitrogens with two attached hydrogens (primary N) is 1. The summed E-state index contributed by atoms with van der Waals surface area (Å²) in [5, 5.41) is 0. The molecule has 7 heteroatoms. The summed E-state index contributed by atoms with van der Waals surface area (Å²) in [4.78, 5) is 1.26. The second-order valence-electron chi connectivity index (χ2n) is 4.66. The number of methoxy groups -OCH3 is 2. The zero-order valence-electron chi connectivity index (χ0n) is 12.4. The molecule has 21 heavy (non-hydrogen) atoms. The molecule has 1 aromatic rings. The first-order chi connectivity index (χ1) is 9.80. The third-order valence-electron chi connectivity index (χ3n) is 3.15. The highest BCUT2D eigenvalue weighted by atomic mass is 19.4. The van der Waals surface area contributed by atoms with Gasteiger partial charge in [-0.2, -0.15) is 13.2 Å². The van der Waals surface area contributed by atoms with E-state index in [0.717, 1.165) is 0 Å². The van der Waals surface area contributed by atoms with E-state index in [1.165, 1.54) is 19.1 Å². The quantitative estimate of drug-likeness (QED) is 0.841. The van der Waals surface area contributed by atoms with Gasteiger partial charge < -0.3 is 15.2 Å². The van der Waals surface area contributed by atoms with Crippen molar-refractivity contribution in [3.8, 4) is 11.5 Å². The molecule has 1 atom stereocenters. The predicted octanol–water partition coefficient (Wildman–Crippen LogP) is 2.59. The number of hydrogen-bond acceptors (Lipinski definition) is 4. The number of hydrogen-bond donors (Lipinski definition) is 1. The van der Waals surface area contributed by atoms with Crippen LogP contribution in [-0.4, -0.2) is 44.9 Å². The zero-order chi connectivity index (χ0) is 16.0. The van der Waals surface area contributed by atoms with Gasteiger partial charge in [-0.15, -0.1) is 0 Å². The van der Waals surface area contributed by atoms with Gasteiger partial charge in [0.2, 0.25) is 0 Å². The Kier molecular flexibility index (Phi) is 6.29. The van der Waals surface area contributed by atoms with Crippen LogP contribution in [0.4, 0.5) is 13.2 Å². The van der Waals surface area contributed by atoms with Gasteiger partial charge in [0.15, 0.2) is 0 Å². The molecular weight excluding hydrogens is 285 g/mol. The Morgan fingerprint density at radius 3 is 2.38 bits per heavy atom. The van der Waals surface area contributed by atoms with Crippen LogP contribution >= 0.6 is 0 Å². The van der Waals surface area contributed by atoms with Crippen LogP contribution in [0.25, 0.3) is 0 Å². The SMILES string of the molecule is CCN(CC(N)c1ccc(OC)cc1OC)CC(F)(F)F. The lowest BCUT2D eigenvalue weighted by Gasteiger charge is -2.26. The highest BCUT2D eigenvalue weighted by Gasteiger charge is 2.31. The van der Waals surface area contributed by atoms with E-state index in [2.05, 4.69) is 0 Å². The van der Waals surface area contributed by atoms with Crippen molar-refractivity contribution >= 4 is 0 Å². The Hall–Kier alpha value is -1.47. The van der Waals surface area contributed by atoms with E-state index >= 15 is 0 Å². The Balaban J connectivity index is 2.84. The Morgan fingerprint density at radius 1 is 1.24 bits per heavy atom. The van der Waals surface area contributed by atoms with Crippen molar-refractivity contribution in [1.82, 2.24) is 4.90 Å². The van der Waals surface area contributed by atoms with Crippen molar-refractivity contribution < 1.29 is 22.6 Å². The summed E-state index contributed by atoms with van der Waals surface area (Å²) in [6, 6.07) is 4.50. The fourth-order valence-corrected chi connectivity index (χ4v) is 2.06. The van der Waals surface area contributed by atoms with E-state index in [0.29, 0.717) is 17.1 Å². The van der Waals surface area contributed by atoms with Gasteiger partial charge >= 0.3 is 6.18 Å². The minimum atomic E-state index is -4.24. The third kappa shape index (κ3) is 5.43. The van der Waals surface area contributed by atoms with Gasteiger partial charge in [-0.05, 0) is 12.6 Å². The lowest BCUT2D eigenvalue weighted by Crippen LogP contribution is -2.38. The molecule has 0 radical (unpaired) electrons. The molecule has 2 N–H and O–H groups in total. The first-order valence-corrected chi connectivity index (χ1v) is 6.57. The second-order valence-corrected chi connectivity index (χ2v) is 4.66. The number of benzene rings is 1.